The highest BCUT2D eigenvalue weighted by molar-refractivity contribution is 6.10. The van der Waals surface area contributed by atoms with Crippen LogP contribution in [-0.4, -0.2) is 67.7 Å². The van der Waals surface area contributed by atoms with Crippen LogP contribution in [0.3, 0.4) is 0 Å². The fourth-order valence-electron chi connectivity index (χ4n) is 4.35. The highest BCUT2D eigenvalue weighted by Crippen LogP contribution is 2.37. The van der Waals surface area contributed by atoms with Crippen molar-refractivity contribution in [3.05, 3.63) is 71.6 Å². The zero-order chi connectivity index (χ0) is 27.5. The predicted octanol–water partition coefficient (Wildman–Crippen LogP) is 3.17. The molecule has 2 atom stereocenters. The van der Waals surface area contributed by atoms with E-state index >= 15 is 0 Å². The minimum atomic E-state index is -5.02. The van der Waals surface area contributed by atoms with Gasteiger partial charge in [0.1, 0.15) is 11.2 Å². The number of aliphatic imine (C=N–C) groups is 1. The minimum Gasteiger partial charge on any atom is -0.404 e. The van der Waals surface area contributed by atoms with Crippen molar-refractivity contribution in [2.24, 2.45) is 10.7 Å². The Bertz CT molecular complexity index is 1270. The van der Waals surface area contributed by atoms with Crippen molar-refractivity contribution in [2.45, 2.75) is 24.7 Å². The Balaban J connectivity index is 1.66. The number of hydrogen-bond acceptors (Lipinski definition) is 6. The summed E-state index contributed by atoms with van der Waals surface area (Å²) in [5.74, 6) is -2.47. The number of hydrogen-bond donors (Lipinski definition) is 2. The lowest BCUT2D eigenvalue weighted by atomic mass is 9.77. The first-order valence-corrected chi connectivity index (χ1v) is 11.8. The molecular weight excluding hydrogens is 508 g/mol. The Labute approximate surface area is 216 Å². The summed E-state index contributed by atoms with van der Waals surface area (Å²) in [7, 11) is 0. The zero-order valence-electron chi connectivity index (χ0n) is 20.4. The Hall–Kier alpha value is -3.77. The van der Waals surface area contributed by atoms with Crippen LogP contribution in [0.1, 0.15) is 18.1 Å². The molecule has 2 unspecified atom stereocenters. The van der Waals surface area contributed by atoms with Crippen molar-refractivity contribution in [3.63, 3.8) is 0 Å². The standard InChI is InChI=1S/C26H26F4N4O4/c1-16(34-9-11-37-12-10-34)23(35)33-21-14-18(5-6-22(21)38-26(28,29)30)25(24(31)36)8-7-20(32-15-25)17-3-2-4-19(27)13-17/h2-8,13-14,16H,9-12,15H2,1H3,(H2,31,36)(H,33,35). The van der Waals surface area contributed by atoms with Crippen LogP contribution in [0.2, 0.25) is 0 Å². The van der Waals surface area contributed by atoms with Crippen LogP contribution < -0.4 is 15.8 Å². The highest BCUT2D eigenvalue weighted by Gasteiger charge is 2.40. The van der Waals surface area contributed by atoms with E-state index in [-0.39, 0.29) is 17.8 Å². The van der Waals surface area contributed by atoms with Crippen LogP contribution in [0.5, 0.6) is 5.75 Å². The number of dihydropyridines is 1. The van der Waals surface area contributed by atoms with Gasteiger partial charge >= 0.3 is 6.36 Å². The smallest absolute Gasteiger partial charge is 0.404 e. The summed E-state index contributed by atoms with van der Waals surface area (Å²) in [6, 6.07) is 8.57. The second-order valence-corrected chi connectivity index (χ2v) is 8.95. The van der Waals surface area contributed by atoms with Gasteiger partial charge in [-0.05, 0) is 42.8 Å². The molecule has 1 fully saturated rings. The molecule has 12 heteroatoms. The molecule has 38 heavy (non-hydrogen) atoms. The summed E-state index contributed by atoms with van der Waals surface area (Å²) in [5, 5.41) is 2.51. The quantitative estimate of drug-likeness (QED) is 0.531. The number of nitrogens with two attached hydrogens (primary N) is 1. The molecule has 2 aliphatic heterocycles. The fraction of sp³-hybridized carbons (Fsp3) is 0.346. The van der Waals surface area contributed by atoms with Crippen LogP contribution >= 0.6 is 0 Å². The van der Waals surface area contributed by atoms with Crippen molar-refractivity contribution in [1.29, 1.82) is 0 Å². The molecule has 1 saturated heterocycles. The minimum absolute atomic E-state index is 0.179. The molecule has 0 aliphatic carbocycles. The summed E-state index contributed by atoms with van der Waals surface area (Å²) in [6.45, 7) is 3.29. The van der Waals surface area contributed by atoms with Gasteiger partial charge in [0, 0.05) is 18.7 Å². The van der Waals surface area contributed by atoms with E-state index in [1.807, 2.05) is 4.90 Å². The van der Waals surface area contributed by atoms with Crippen LogP contribution in [-0.2, 0) is 19.7 Å². The van der Waals surface area contributed by atoms with Gasteiger partial charge in [-0.15, -0.1) is 13.2 Å². The van der Waals surface area contributed by atoms with E-state index in [0.717, 1.165) is 6.07 Å². The number of primary amides is 1. The van der Waals surface area contributed by atoms with Crippen LogP contribution in [0.4, 0.5) is 23.2 Å². The van der Waals surface area contributed by atoms with Gasteiger partial charge in [0.2, 0.25) is 11.8 Å². The first-order valence-electron chi connectivity index (χ1n) is 11.8. The number of amides is 2. The molecule has 2 aromatic carbocycles. The Morgan fingerprint density at radius 2 is 1.92 bits per heavy atom. The topological polar surface area (TPSA) is 106 Å². The maximum Gasteiger partial charge on any atom is 0.573 e. The second-order valence-electron chi connectivity index (χ2n) is 8.95. The average molecular weight is 535 g/mol. The van der Waals surface area contributed by atoms with Crippen molar-refractivity contribution < 1.29 is 36.6 Å². The number of carbonyl (C=O) groups is 2. The van der Waals surface area contributed by atoms with Gasteiger partial charge in [-0.3, -0.25) is 19.5 Å². The van der Waals surface area contributed by atoms with E-state index in [2.05, 4.69) is 15.0 Å². The number of benzene rings is 2. The molecule has 0 saturated carbocycles. The highest BCUT2D eigenvalue weighted by atomic mass is 19.4. The molecule has 3 N–H and O–H groups in total. The molecule has 0 bridgehead atoms. The molecular formula is C26H26F4N4O4. The van der Waals surface area contributed by atoms with Crippen LogP contribution in [0.15, 0.2) is 59.6 Å². The van der Waals surface area contributed by atoms with E-state index in [0.29, 0.717) is 37.6 Å². The number of anilines is 1. The average Bonchev–Trinajstić information content (AvgIpc) is 2.89. The Morgan fingerprint density at radius 3 is 2.53 bits per heavy atom. The molecule has 2 aromatic rings. The fourth-order valence-corrected chi connectivity index (χ4v) is 4.35. The third kappa shape index (κ3) is 6.03. The van der Waals surface area contributed by atoms with Gasteiger partial charge in [-0.2, -0.15) is 0 Å². The van der Waals surface area contributed by atoms with Crippen molar-refractivity contribution in [3.8, 4) is 5.75 Å². The number of alkyl halides is 3. The normalized spacial score (nSPS) is 20.9. The number of rotatable bonds is 7. The van der Waals surface area contributed by atoms with Crippen molar-refractivity contribution in [2.75, 3.05) is 38.2 Å². The number of carbonyl (C=O) groups excluding carboxylic acids is 2. The van der Waals surface area contributed by atoms with Gasteiger partial charge in [-0.1, -0.05) is 24.3 Å². The lowest BCUT2D eigenvalue weighted by molar-refractivity contribution is -0.274. The lowest BCUT2D eigenvalue weighted by Gasteiger charge is -2.32. The summed E-state index contributed by atoms with van der Waals surface area (Å²) in [5.41, 5.74) is 5.03. The molecule has 4 rings (SSSR count). The monoisotopic (exact) mass is 534 g/mol. The molecule has 2 amide bonds. The Kier molecular flexibility index (Phi) is 7.83. The predicted molar refractivity (Wildman–Crippen MR) is 131 cm³/mol. The van der Waals surface area contributed by atoms with Gasteiger partial charge in [-0.25, -0.2) is 4.39 Å². The maximum absolute atomic E-state index is 13.7. The van der Waals surface area contributed by atoms with Gasteiger partial charge < -0.3 is 20.5 Å². The number of halogens is 4. The third-order valence-electron chi connectivity index (χ3n) is 6.54. The molecule has 2 aliphatic rings. The first-order chi connectivity index (χ1) is 18.0. The Morgan fingerprint density at radius 1 is 1.18 bits per heavy atom. The summed E-state index contributed by atoms with van der Waals surface area (Å²) in [6.07, 6.45) is -2.04. The molecule has 8 nitrogen and oxygen atoms in total. The van der Waals surface area contributed by atoms with E-state index < -0.39 is 41.2 Å². The number of allylic oxidation sites excluding steroid dienone is 1. The number of morpholine rings is 1. The maximum atomic E-state index is 13.7. The van der Waals surface area contributed by atoms with E-state index in [9.17, 15) is 27.2 Å². The van der Waals surface area contributed by atoms with E-state index in [4.69, 9.17) is 10.5 Å². The van der Waals surface area contributed by atoms with Crippen molar-refractivity contribution >= 4 is 23.2 Å². The first kappa shape index (κ1) is 27.3. The SMILES string of the molecule is CC(C(=O)Nc1cc(C2(C(N)=O)C=CC(c3cccc(F)c3)=NC2)ccc1OC(F)(F)F)N1CCOCC1. The number of nitrogens with one attached hydrogen (secondary N) is 1. The summed E-state index contributed by atoms with van der Waals surface area (Å²) >= 11 is 0. The number of nitrogens with zero attached hydrogens (tertiary/aromatic N) is 2. The van der Waals surface area contributed by atoms with E-state index in [1.54, 1.807) is 13.0 Å². The lowest BCUT2D eigenvalue weighted by Crippen LogP contribution is -2.47. The second kappa shape index (κ2) is 10.9. The van der Waals surface area contributed by atoms with Gasteiger partial charge in [0.15, 0.2) is 5.75 Å². The van der Waals surface area contributed by atoms with E-state index in [1.165, 1.54) is 42.5 Å². The zero-order valence-corrected chi connectivity index (χ0v) is 20.4. The van der Waals surface area contributed by atoms with Crippen molar-refractivity contribution in [1.82, 2.24) is 4.90 Å². The largest absolute Gasteiger partial charge is 0.573 e. The van der Waals surface area contributed by atoms with Crippen LogP contribution in [0, 0.1) is 5.82 Å². The van der Waals surface area contributed by atoms with Crippen LogP contribution in [0.25, 0.3) is 0 Å². The molecule has 0 aromatic heterocycles. The summed E-state index contributed by atoms with van der Waals surface area (Å²) in [4.78, 5) is 31.9. The van der Waals surface area contributed by atoms with Gasteiger partial charge in [0.25, 0.3) is 0 Å². The van der Waals surface area contributed by atoms with Gasteiger partial charge in [0.05, 0.1) is 37.2 Å². The molecule has 0 radical (unpaired) electrons. The molecule has 2 heterocycles. The molecule has 202 valence electrons. The third-order valence-corrected chi connectivity index (χ3v) is 6.54. The summed E-state index contributed by atoms with van der Waals surface area (Å²) < 4.78 is 62.4. The number of ether oxygens (including phenoxy) is 2. The molecule has 0 spiro atoms.